The molecule has 0 saturated carbocycles. The number of nitrogens with zero attached hydrogens (tertiary/aromatic N) is 3. The molecule has 2 aromatic carbocycles. The van der Waals surface area contributed by atoms with Crippen LogP contribution in [-0.4, -0.2) is 40.5 Å². The number of benzene rings is 2. The summed E-state index contributed by atoms with van der Waals surface area (Å²) in [5.74, 6) is 0.350. The Morgan fingerprint density at radius 1 is 1.03 bits per heavy atom. The first-order valence-corrected chi connectivity index (χ1v) is 11.1. The minimum absolute atomic E-state index is 0.0260. The van der Waals surface area contributed by atoms with Gasteiger partial charge < -0.3 is 9.88 Å². The van der Waals surface area contributed by atoms with Crippen molar-refractivity contribution in [3.63, 3.8) is 0 Å². The molecule has 4 rings (SSSR count). The molecule has 0 saturated heterocycles. The Kier molecular flexibility index (Phi) is 5.21. The van der Waals surface area contributed by atoms with Gasteiger partial charge in [0.1, 0.15) is 5.82 Å². The van der Waals surface area contributed by atoms with E-state index in [0.717, 1.165) is 5.56 Å². The van der Waals surface area contributed by atoms with Crippen molar-refractivity contribution in [1.29, 1.82) is 0 Å². The second-order valence-corrected chi connectivity index (χ2v) is 9.06. The van der Waals surface area contributed by atoms with Crippen LogP contribution in [0.25, 0.3) is 11.4 Å². The summed E-state index contributed by atoms with van der Waals surface area (Å²) in [4.78, 5) is 17.6. The van der Waals surface area contributed by atoms with Crippen LogP contribution in [-0.2, 0) is 23.1 Å². The number of amides is 1. The second kappa shape index (κ2) is 7.81. The number of hydrogen-bond acceptors (Lipinski definition) is 4. The number of carbonyl (C=O) groups is 1. The highest BCUT2D eigenvalue weighted by Gasteiger charge is 2.32. The number of sulfonamides is 1. The Morgan fingerprint density at radius 3 is 2.34 bits per heavy atom. The van der Waals surface area contributed by atoms with Gasteiger partial charge in [-0.1, -0.05) is 48.5 Å². The molecule has 1 N–H and O–H groups in total. The first kappa shape index (κ1) is 19.4. The van der Waals surface area contributed by atoms with Crippen molar-refractivity contribution < 1.29 is 13.2 Å². The lowest BCUT2D eigenvalue weighted by Gasteiger charge is -2.28. The molecule has 0 radical (unpaired) electrons. The van der Waals surface area contributed by atoms with E-state index in [4.69, 9.17) is 0 Å². The zero-order valence-corrected chi connectivity index (χ0v) is 16.9. The van der Waals surface area contributed by atoms with E-state index in [9.17, 15) is 13.2 Å². The quantitative estimate of drug-likeness (QED) is 0.701. The molecule has 3 aromatic rings. The normalized spacial score (nSPS) is 14.4. The number of fused-ring (bicyclic) bond motifs is 1. The summed E-state index contributed by atoms with van der Waals surface area (Å²) in [5.41, 5.74) is 2.41. The van der Waals surface area contributed by atoms with Crippen molar-refractivity contribution >= 4 is 21.6 Å². The van der Waals surface area contributed by atoms with Gasteiger partial charge >= 0.3 is 0 Å². The maximum absolute atomic E-state index is 13.0. The third-order valence-electron chi connectivity index (χ3n) is 5.01. The molecule has 0 aliphatic carbocycles. The van der Waals surface area contributed by atoms with Crippen molar-refractivity contribution in [3.8, 4) is 11.4 Å². The fourth-order valence-electron chi connectivity index (χ4n) is 3.47. The number of aromatic nitrogens is 2. The lowest BCUT2D eigenvalue weighted by atomic mass is 10.2. The summed E-state index contributed by atoms with van der Waals surface area (Å²) in [5, 5.41) is 2.86. The molecule has 150 valence electrons. The number of rotatable bonds is 5. The van der Waals surface area contributed by atoms with Crippen LogP contribution in [0.4, 0.5) is 5.69 Å². The largest absolute Gasteiger partial charge is 0.325 e. The van der Waals surface area contributed by atoms with Gasteiger partial charge in [-0.05, 0) is 19.1 Å². The number of nitrogens with one attached hydrogen (secondary N) is 1. The Morgan fingerprint density at radius 2 is 1.69 bits per heavy atom. The van der Waals surface area contributed by atoms with Gasteiger partial charge in [0.15, 0.2) is 5.69 Å². The molecule has 0 bridgehead atoms. The van der Waals surface area contributed by atoms with E-state index in [-0.39, 0.29) is 23.9 Å². The molecule has 8 heteroatoms. The molecule has 1 aliphatic heterocycles. The first-order valence-electron chi connectivity index (χ1n) is 9.48. The van der Waals surface area contributed by atoms with Gasteiger partial charge in [-0.15, -0.1) is 0 Å². The standard InChI is InChI=1S/C21H22N4O3S/c1-2-29(27,28)24-13-14-25-18(15-24)19(21(26)22-17-11-7-4-8-12-17)23-20(25)16-9-5-3-6-10-16/h3-12H,2,13-15H2,1H3,(H,22,26). The Bertz CT molecular complexity index is 1130. The van der Waals surface area contributed by atoms with Gasteiger partial charge in [0.25, 0.3) is 5.91 Å². The van der Waals surface area contributed by atoms with E-state index in [2.05, 4.69) is 10.3 Å². The predicted octanol–water partition coefficient (Wildman–Crippen LogP) is 2.97. The summed E-state index contributed by atoms with van der Waals surface area (Å²) in [6, 6.07) is 18.8. The molecule has 1 aromatic heterocycles. The van der Waals surface area contributed by atoms with Crippen LogP contribution in [0.5, 0.6) is 0 Å². The Balaban J connectivity index is 1.76. The fraction of sp³-hybridized carbons (Fsp3) is 0.238. The monoisotopic (exact) mass is 410 g/mol. The van der Waals surface area contributed by atoms with E-state index >= 15 is 0 Å². The second-order valence-electron chi connectivity index (χ2n) is 6.80. The summed E-state index contributed by atoms with van der Waals surface area (Å²) in [6.45, 7) is 2.57. The number of para-hydroxylation sites is 1. The highest BCUT2D eigenvalue weighted by atomic mass is 32.2. The van der Waals surface area contributed by atoms with Crippen LogP contribution in [0.15, 0.2) is 60.7 Å². The van der Waals surface area contributed by atoms with Gasteiger partial charge in [-0.25, -0.2) is 13.4 Å². The van der Waals surface area contributed by atoms with Crippen LogP contribution in [0.1, 0.15) is 23.1 Å². The minimum atomic E-state index is -3.36. The number of carbonyl (C=O) groups excluding carboxylic acids is 1. The molecule has 1 aliphatic rings. The van der Waals surface area contributed by atoms with Crippen LogP contribution in [0.2, 0.25) is 0 Å². The topological polar surface area (TPSA) is 84.3 Å². The van der Waals surface area contributed by atoms with Crippen LogP contribution in [0.3, 0.4) is 0 Å². The van der Waals surface area contributed by atoms with Crippen LogP contribution in [0, 0.1) is 0 Å². The molecule has 29 heavy (non-hydrogen) atoms. The number of hydrogen-bond donors (Lipinski definition) is 1. The van der Waals surface area contributed by atoms with E-state index in [1.165, 1.54) is 4.31 Å². The van der Waals surface area contributed by atoms with Gasteiger partial charge in [-0.3, -0.25) is 4.79 Å². The molecular formula is C21H22N4O3S. The average molecular weight is 410 g/mol. The van der Waals surface area contributed by atoms with Crippen molar-refractivity contribution in [3.05, 3.63) is 72.1 Å². The highest BCUT2D eigenvalue weighted by Crippen LogP contribution is 2.28. The average Bonchev–Trinajstić information content (AvgIpc) is 3.14. The van der Waals surface area contributed by atoms with Crippen molar-refractivity contribution in [1.82, 2.24) is 13.9 Å². The Labute approximate surface area is 170 Å². The lowest BCUT2D eigenvalue weighted by molar-refractivity contribution is 0.102. The zero-order chi connectivity index (χ0) is 20.4. The summed E-state index contributed by atoms with van der Waals surface area (Å²) in [6.07, 6.45) is 0. The van der Waals surface area contributed by atoms with E-state index < -0.39 is 10.0 Å². The smallest absolute Gasteiger partial charge is 0.276 e. The van der Waals surface area contributed by atoms with Gasteiger partial charge in [-0.2, -0.15) is 4.31 Å². The maximum atomic E-state index is 13.0. The van der Waals surface area contributed by atoms with Crippen molar-refractivity contribution in [2.45, 2.75) is 20.0 Å². The molecule has 0 fully saturated rings. The van der Waals surface area contributed by atoms with Crippen molar-refractivity contribution in [2.75, 3.05) is 17.6 Å². The summed E-state index contributed by atoms with van der Waals surface area (Å²) in [7, 11) is -3.36. The van der Waals surface area contributed by atoms with Gasteiger partial charge in [0.2, 0.25) is 10.0 Å². The number of anilines is 1. The molecule has 0 unspecified atom stereocenters. The molecule has 7 nitrogen and oxygen atoms in total. The number of imidazole rings is 1. The highest BCUT2D eigenvalue weighted by molar-refractivity contribution is 7.89. The lowest BCUT2D eigenvalue weighted by Crippen LogP contribution is -2.39. The zero-order valence-electron chi connectivity index (χ0n) is 16.1. The Hall–Kier alpha value is -2.97. The van der Waals surface area contributed by atoms with E-state index in [1.807, 2.05) is 53.1 Å². The van der Waals surface area contributed by atoms with E-state index in [0.29, 0.717) is 30.3 Å². The molecule has 2 heterocycles. The first-order chi connectivity index (χ1) is 14.0. The van der Waals surface area contributed by atoms with Gasteiger partial charge in [0, 0.05) is 24.3 Å². The maximum Gasteiger partial charge on any atom is 0.276 e. The predicted molar refractivity (Wildman–Crippen MR) is 112 cm³/mol. The van der Waals surface area contributed by atoms with Crippen LogP contribution >= 0.6 is 0 Å². The third kappa shape index (κ3) is 3.81. The SMILES string of the molecule is CCS(=O)(=O)N1CCn2c(-c3ccccc3)nc(C(=O)Nc3ccccc3)c2C1. The molecular weight excluding hydrogens is 388 g/mol. The third-order valence-corrected chi connectivity index (χ3v) is 6.84. The van der Waals surface area contributed by atoms with Crippen molar-refractivity contribution in [2.24, 2.45) is 0 Å². The van der Waals surface area contributed by atoms with Gasteiger partial charge in [0.05, 0.1) is 18.0 Å². The summed E-state index contributed by atoms with van der Waals surface area (Å²) < 4.78 is 28.2. The fourth-order valence-corrected chi connectivity index (χ4v) is 4.51. The van der Waals surface area contributed by atoms with E-state index in [1.54, 1.807) is 19.1 Å². The minimum Gasteiger partial charge on any atom is -0.325 e. The van der Waals surface area contributed by atoms with Crippen LogP contribution < -0.4 is 5.32 Å². The molecule has 0 atom stereocenters. The summed E-state index contributed by atoms with van der Waals surface area (Å²) >= 11 is 0. The molecule has 1 amide bonds. The molecule has 0 spiro atoms.